The van der Waals surface area contributed by atoms with Crippen molar-refractivity contribution in [3.8, 4) is 22.7 Å². The summed E-state index contributed by atoms with van der Waals surface area (Å²) in [6.45, 7) is 4.09. The van der Waals surface area contributed by atoms with Crippen molar-refractivity contribution in [3.05, 3.63) is 85.1 Å². The van der Waals surface area contributed by atoms with Gasteiger partial charge >= 0.3 is 0 Å². The second kappa shape index (κ2) is 8.65. The third-order valence-electron chi connectivity index (χ3n) is 5.59. The molecule has 0 bridgehead atoms. The molecule has 4 heterocycles. The van der Waals surface area contributed by atoms with E-state index in [0.29, 0.717) is 0 Å². The van der Waals surface area contributed by atoms with Gasteiger partial charge in [0.15, 0.2) is 5.76 Å². The number of hydrogen-bond donors (Lipinski definition) is 0. The molecule has 0 unspecified atom stereocenters. The van der Waals surface area contributed by atoms with Crippen molar-refractivity contribution < 1.29 is 9.15 Å². The highest BCUT2D eigenvalue weighted by molar-refractivity contribution is 5.76. The van der Waals surface area contributed by atoms with Crippen LogP contribution in [0.3, 0.4) is 0 Å². The van der Waals surface area contributed by atoms with Crippen molar-refractivity contribution in [1.29, 1.82) is 0 Å². The summed E-state index contributed by atoms with van der Waals surface area (Å²) in [7, 11) is 0. The first-order chi connectivity index (χ1) is 14.9. The first-order valence-electron chi connectivity index (χ1n) is 10.3. The molecule has 0 radical (unpaired) electrons. The molecule has 1 saturated heterocycles. The van der Waals surface area contributed by atoms with E-state index in [9.17, 15) is 0 Å². The Bertz CT molecular complexity index is 1060. The summed E-state index contributed by atoms with van der Waals surface area (Å²) in [6, 6.07) is 18.6. The number of benzene rings is 1. The topological polar surface area (TPSA) is 56.3 Å². The number of aromatic nitrogens is 3. The summed E-state index contributed by atoms with van der Waals surface area (Å²) in [6.07, 6.45) is 7.36. The summed E-state index contributed by atoms with van der Waals surface area (Å²) >= 11 is 0. The molecule has 1 aliphatic rings. The quantitative estimate of drug-likeness (QED) is 0.484. The molecule has 0 amide bonds. The van der Waals surface area contributed by atoms with Gasteiger partial charge < -0.3 is 13.7 Å². The number of furan rings is 1. The van der Waals surface area contributed by atoms with Crippen LogP contribution in [0.15, 0.2) is 84.0 Å². The van der Waals surface area contributed by atoms with Gasteiger partial charge in [-0.2, -0.15) is 0 Å². The van der Waals surface area contributed by atoms with Crippen molar-refractivity contribution >= 4 is 0 Å². The fourth-order valence-electron chi connectivity index (χ4n) is 4.09. The van der Waals surface area contributed by atoms with Gasteiger partial charge in [0.2, 0.25) is 0 Å². The van der Waals surface area contributed by atoms with Gasteiger partial charge in [-0.05, 0) is 29.8 Å². The Morgan fingerprint density at radius 2 is 1.73 bits per heavy atom. The van der Waals surface area contributed by atoms with Gasteiger partial charge in [0.25, 0.3) is 0 Å². The number of pyridine rings is 1. The molecule has 6 nitrogen and oxygen atoms in total. The summed E-state index contributed by atoms with van der Waals surface area (Å²) in [5.41, 5.74) is 4.25. The zero-order valence-corrected chi connectivity index (χ0v) is 16.7. The predicted molar refractivity (Wildman–Crippen MR) is 115 cm³/mol. The van der Waals surface area contributed by atoms with E-state index >= 15 is 0 Å². The van der Waals surface area contributed by atoms with Crippen LogP contribution in [0.1, 0.15) is 11.6 Å². The van der Waals surface area contributed by atoms with E-state index in [4.69, 9.17) is 14.1 Å². The highest BCUT2D eigenvalue weighted by Gasteiger charge is 2.26. The smallest absolute Gasteiger partial charge is 0.152 e. The standard InChI is InChI=1S/C24H24N4O2/c1-2-5-20(6-3-1)23-24(22-7-4-14-30-22)28(18-26-23)17-21(19-8-10-25-11-9-19)27-12-15-29-16-13-27/h1-11,14,18,21H,12-13,15-17H2/t21-/m0/s1. The molecular formula is C24H24N4O2. The second-order valence-electron chi connectivity index (χ2n) is 7.38. The van der Waals surface area contributed by atoms with Crippen LogP contribution in [-0.2, 0) is 11.3 Å². The molecule has 30 heavy (non-hydrogen) atoms. The molecule has 6 heteroatoms. The summed E-state index contributed by atoms with van der Waals surface area (Å²) in [5, 5.41) is 0. The van der Waals surface area contributed by atoms with Gasteiger partial charge in [-0.15, -0.1) is 0 Å². The lowest BCUT2D eigenvalue weighted by Gasteiger charge is -2.35. The third-order valence-corrected chi connectivity index (χ3v) is 5.59. The van der Waals surface area contributed by atoms with Crippen molar-refractivity contribution in [2.45, 2.75) is 12.6 Å². The monoisotopic (exact) mass is 400 g/mol. The minimum Gasteiger partial charge on any atom is -0.463 e. The molecule has 3 aromatic heterocycles. The molecule has 0 saturated carbocycles. The van der Waals surface area contributed by atoms with Gasteiger partial charge in [0, 0.05) is 37.6 Å². The molecule has 4 aromatic rings. The van der Waals surface area contributed by atoms with Crippen LogP contribution in [-0.4, -0.2) is 45.7 Å². The SMILES string of the molecule is c1ccc(-c2ncn(C[C@@H](c3ccncc3)N3CCOCC3)c2-c2ccco2)cc1. The molecule has 0 aliphatic carbocycles. The Balaban J connectivity index is 1.56. The number of rotatable bonds is 6. The van der Waals surface area contributed by atoms with E-state index in [1.54, 1.807) is 6.26 Å². The summed E-state index contributed by atoms with van der Waals surface area (Å²) in [4.78, 5) is 11.5. The van der Waals surface area contributed by atoms with E-state index in [0.717, 1.165) is 55.6 Å². The van der Waals surface area contributed by atoms with Gasteiger partial charge in [-0.1, -0.05) is 30.3 Å². The van der Waals surface area contributed by atoms with Crippen molar-refractivity contribution in [1.82, 2.24) is 19.4 Å². The predicted octanol–water partition coefficient (Wildman–Crippen LogP) is 4.28. The lowest BCUT2D eigenvalue weighted by Crippen LogP contribution is -2.40. The molecular weight excluding hydrogens is 376 g/mol. The Hall–Kier alpha value is -3.22. The van der Waals surface area contributed by atoms with E-state index in [2.05, 4.69) is 38.7 Å². The zero-order valence-electron chi connectivity index (χ0n) is 16.7. The largest absolute Gasteiger partial charge is 0.463 e. The fourth-order valence-corrected chi connectivity index (χ4v) is 4.09. The Labute approximate surface area is 175 Å². The second-order valence-corrected chi connectivity index (χ2v) is 7.38. The van der Waals surface area contributed by atoms with Crippen molar-refractivity contribution in [3.63, 3.8) is 0 Å². The number of hydrogen-bond acceptors (Lipinski definition) is 5. The molecule has 152 valence electrons. The number of morpholine rings is 1. The average Bonchev–Trinajstić information content (AvgIpc) is 3.49. The normalized spacial score (nSPS) is 15.9. The van der Waals surface area contributed by atoms with E-state index in [1.165, 1.54) is 5.56 Å². The lowest BCUT2D eigenvalue weighted by molar-refractivity contribution is 0.0124. The highest BCUT2D eigenvalue weighted by atomic mass is 16.5. The van der Waals surface area contributed by atoms with Gasteiger partial charge in [-0.25, -0.2) is 4.98 Å². The first-order valence-corrected chi connectivity index (χ1v) is 10.3. The van der Waals surface area contributed by atoms with Gasteiger partial charge in [0.1, 0.15) is 5.69 Å². The molecule has 1 fully saturated rings. The van der Waals surface area contributed by atoms with Crippen LogP contribution in [0.2, 0.25) is 0 Å². The van der Waals surface area contributed by atoms with Gasteiger partial charge in [-0.3, -0.25) is 9.88 Å². The van der Waals surface area contributed by atoms with E-state index in [-0.39, 0.29) is 6.04 Å². The molecule has 1 atom stereocenters. The van der Waals surface area contributed by atoms with Crippen LogP contribution in [0, 0.1) is 0 Å². The molecule has 5 rings (SSSR count). The van der Waals surface area contributed by atoms with Crippen molar-refractivity contribution in [2.24, 2.45) is 0 Å². The molecule has 1 aliphatic heterocycles. The van der Waals surface area contributed by atoms with Crippen LogP contribution >= 0.6 is 0 Å². The van der Waals surface area contributed by atoms with E-state index < -0.39 is 0 Å². The fraction of sp³-hybridized carbons (Fsp3) is 0.250. The minimum atomic E-state index is 0.198. The number of imidazole rings is 1. The molecule has 1 aromatic carbocycles. The first kappa shape index (κ1) is 18.8. The molecule has 0 N–H and O–H groups in total. The van der Waals surface area contributed by atoms with E-state index in [1.807, 2.05) is 49.1 Å². The number of ether oxygens (including phenoxy) is 1. The van der Waals surface area contributed by atoms with Crippen LogP contribution in [0.5, 0.6) is 0 Å². The maximum absolute atomic E-state index is 5.81. The summed E-state index contributed by atoms with van der Waals surface area (Å²) < 4.78 is 13.6. The Kier molecular flexibility index (Phi) is 5.42. The average molecular weight is 400 g/mol. The highest BCUT2D eigenvalue weighted by Crippen LogP contribution is 2.34. The van der Waals surface area contributed by atoms with Crippen LogP contribution < -0.4 is 0 Å². The Morgan fingerprint density at radius 3 is 2.47 bits per heavy atom. The lowest BCUT2D eigenvalue weighted by atomic mass is 10.1. The minimum absolute atomic E-state index is 0.198. The van der Waals surface area contributed by atoms with Gasteiger partial charge in [0.05, 0.1) is 37.5 Å². The maximum Gasteiger partial charge on any atom is 0.152 e. The summed E-state index contributed by atoms with van der Waals surface area (Å²) in [5.74, 6) is 0.821. The zero-order chi connectivity index (χ0) is 20.2. The van der Waals surface area contributed by atoms with Crippen molar-refractivity contribution in [2.75, 3.05) is 26.3 Å². The van der Waals surface area contributed by atoms with Crippen LogP contribution in [0.25, 0.3) is 22.7 Å². The Morgan fingerprint density at radius 1 is 0.933 bits per heavy atom. The third kappa shape index (κ3) is 3.79. The number of nitrogens with zero attached hydrogens (tertiary/aromatic N) is 4. The maximum atomic E-state index is 5.81. The molecule has 0 spiro atoms. The van der Waals surface area contributed by atoms with Crippen LogP contribution in [0.4, 0.5) is 0 Å².